The summed E-state index contributed by atoms with van der Waals surface area (Å²) < 4.78 is 18.1. The van der Waals surface area contributed by atoms with Crippen molar-refractivity contribution in [2.24, 2.45) is 4.99 Å². The molecule has 1 heterocycles. The number of benzene rings is 1. The van der Waals surface area contributed by atoms with Crippen LogP contribution in [0.5, 0.6) is 5.75 Å². The predicted octanol–water partition coefficient (Wildman–Crippen LogP) is 1.81. The lowest BCUT2D eigenvalue weighted by Crippen LogP contribution is -2.06. The van der Waals surface area contributed by atoms with Gasteiger partial charge in [0.25, 0.3) is 0 Å². The maximum atomic E-state index is 13.0. The molecule has 0 N–H and O–H groups in total. The molecular formula is C10H10FNO. The fraction of sp³-hybridized carbons (Fsp3) is 0.300. The lowest BCUT2D eigenvalue weighted by Gasteiger charge is -2.13. The third kappa shape index (κ3) is 1.41. The summed E-state index contributed by atoms with van der Waals surface area (Å²) in [6.07, 6.45) is 2.53. The van der Waals surface area contributed by atoms with Gasteiger partial charge in [-0.25, -0.2) is 4.39 Å². The number of aliphatic imine (C=N–C) groups is 1. The van der Waals surface area contributed by atoms with Crippen LogP contribution in [0.4, 0.5) is 4.39 Å². The van der Waals surface area contributed by atoms with E-state index in [0.29, 0.717) is 5.75 Å². The molecule has 0 aliphatic carbocycles. The van der Waals surface area contributed by atoms with Crippen molar-refractivity contribution in [3.05, 3.63) is 29.1 Å². The number of halogens is 1. The van der Waals surface area contributed by atoms with Crippen LogP contribution in [0.1, 0.15) is 11.1 Å². The maximum Gasteiger partial charge on any atom is 0.127 e. The van der Waals surface area contributed by atoms with E-state index in [-0.39, 0.29) is 5.82 Å². The van der Waals surface area contributed by atoms with Crippen LogP contribution in [-0.2, 0) is 6.42 Å². The number of hydrogen-bond acceptors (Lipinski definition) is 2. The molecule has 1 aromatic carbocycles. The number of nitrogens with zero attached hydrogens (tertiary/aromatic N) is 1. The molecule has 1 aliphatic rings. The van der Waals surface area contributed by atoms with Gasteiger partial charge in [-0.15, -0.1) is 0 Å². The summed E-state index contributed by atoms with van der Waals surface area (Å²) in [4.78, 5) is 4.09. The van der Waals surface area contributed by atoms with Crippen molar-refractivity contribution in [3.63, 3.8) is 0 Å². The lowest BCUT2D eigenvalue weighted by atomic mass is 10.0. The number of rotatable bonds is 1. The summed E-state index contributed by atoms with van der Waals surface area (Å²) in [5, 5.41) is 0. The summed E-state index contributed by atoms with van der Waals surface area (Å²) in [5.41, 5.74) is 1.89. The summed E-state index contributed by atoms with van der Waals surface area (Å²) in [6, 6.07) is 2.90. The van der Waals surface area contributed by atoms with E-state index in [4.69, 9.17) is 4.74 Å². The minimum Gasteiger partial charge on any atom is -0.496 e. The third-order valence-electron chi connectivity index (χ3n) is 2.15. The average molecular weight is 179 g/mol. The summed E-state index contributed by atoms with van der Waals surface area (Å²) in [5.74, 6) is 0.352. The molecule has 13 heavy (non-hydrogen) atoms. The van der Waals surface area contributed by atoms with Crippen LogP contribution in [0, 0.1) is 5.82 Å². The van der Waals surface area contributed by atoms with Gasteiger partial charge in [0, 0.05) is 30.0 Å². The zero-order chi connectivity index (χ0) is 9.26. The lowest BCUT2D eigenvalue weighted by molar-refractivity contribution is 0.406. The van der Waals surface area contributed by atoms with Crippen LogP contribution in [0.3, 0.4) is 0 Å². The van der Waals surface area contributed by atoms with Gasteiger partial charge in [-0.2, -0.15) is 0 Å². The average Bonchev–Trinajstić information content (AvgIpc) is 2.16. The van der Waals surface area contributed by atoms with E-state index in [0.717, 1.165) is 24.1 Å². The Balaban J connectivity index is 2.58. The first-order valence-electron chi connectivity index (χ1n) is 4.17. The zero-order valence-corrected chi connectivity index (χ0v) is 7.38. The molecular weight excluding hydrogens is 169 g/mol. The Bertz CT molecular complexity index is 360. The highest BCUT2D eigenvalue weighted by Crippen LogP contribution is 2.25. The molecule has 0 spiro atoms. The van der Waals surface area contributed by atoms with Gasteiger partial charge in [0.2, 0.25) is 0 Å². The van der Waals surface area contributed by atoms with Gasteiger partial charge in [0.15, 0.2) is 0 Å². The molecule has 0 aromatic heterocycles. The Labute approximate surface area is 76.1 Å². The maximum absolute atomic E-state index is 13.0. The van der Waals surface area contributed by atoms with Gasteiger partial charge in [-0.3, -0.25) is 4.99 Å². The van der Waals surface area contributed by atoms with Crippen molar-refractivity contribution >= 4 is 6.21 Å². The third-order valence-corrected chi connectivity index (χ3v) is 2.15. The summed E-state index contributed by atoms with van der Waals surface area (Å²) >= 11 is 0. The van der Waals surface area contributed by atoms with Gasteiger partial charge in [0.05, 0.1) is 7.11 Å². The molecule has 1 aromatic rings. The Morgan fingerprint density at radius 3 is 3.08 bits per heavy atom. The number of ether oxygens (including phenoxy) is 1. The fourth-order valence-electron chi connectivity index (χ4n) is 1.54. The second kappa shape index (κ2) is 3.17. The topological polar surface area (TPSA) is 21.6 Å². The van der Waals surface area contributed by atoms with Crippen LogP contribution in [-0.4, -0.2) is 19.9 Å². The van der Waals surface area contributed by atoms with Gasteiger partial charge < -0.3 is 4.74 Å². The first-order valence-corrected chi connectivity index (χ1v) is 4.17. The minimum absolute atomic E-state index is 0.274. The van der Waals surface area contributed by atoms with Crippen molar-refractivity contribution in [2.45, 2.75) is 6.42 Å². The van der Waals surface area contributed by atoms with E-state index in [1.807, 2.05) is 0 Å². The number of fused-ring (bicyclic) bond motifs is 1. The van der Waals surface area contributed by atoms with E-state index in [2.05, 4.69) is 4.99 Å². The molecule has 0 unspecified atom stereocenters. The van der Waals surface area contributed by atoms with Crippen molar-refractivity contribution in [3.8, 4) is 5.75 Å². The van der Waals surface area contributed by atoms with Crippen molar-refractivity contribution < 1.29 is 9.13 Å². The number of hydrogen-bond donors (Lipinski definition) is 0. The van der Waals surface area contributed by atoms with Crippen molar-refractivity contribution in [2.75, 3.05) is 13.7 Å². The Morgan fingerprint density at radius 2 is 2.31 bits per heavy atom. The van der Waals surface area contributed by atoms with E-state index in [1.165, 1.54) is 12.1 Å². The smallest absolute Gasteiger partial charge is 0.127 e. The molecule has 2 rings (SSSR count). The molecule has 0 bridgehead atoms. The largest absolute Gasteiger partial charge is 0.496 e. The monoisotopic (exact) mass is 179 g/mol. The Kier molecular flexibility index (Phi) is 2.00. The molecule has 0 fully saturated rings. The first-order chi connectivity index (χ1) is 6.31. The van der Waals surface area contributed by atoms with E-state index in [1.54, 1.807) is 13.3 Å². The molecule has 68 valence electrons. The quantitative estimate of drug-likeness (QED) is 0.644. The molecule has 0 saturated carbocycles. The van der Waals surface area contributed by atoms with E-state index < -0.39 is 0 Å². The van der Waals surface area contributed by atoms with Crippen molar-refractivity contribution in [1.82, 2.24) is 0 Å². The van der Waals surface area contributed by atoms with Crippen molar-refractivity contribution in [1.29, 1.82) is 0 Å². The fourth-order valence-corrected chi connectivity index (χ4v) is 1.54. The first kappa shape index (κ1) is 8.23. The molecule has 0 amide bonds. The standard InChI is InChI=1S/C10H10FNO/c1-13-10-5-8(11)4-7-6-12-3-2-9(7)10/h4-6H,2-3H2,1H3. The van der Waals surface area contributed by atoms with Gasteiger partial charge >= 0.3 is 0 Å². The molecule has 0 radical (unpaired) electrons. The molecule has 2 nitrogen and oxygen atoms in total. The van der Waals surface area contributed by atoms with Crippen LogP contribution in [0.15, 0.2) is 17.1 Å². The zero-order valence-electron chi connectivity index (χ0n) is 7.38. The number of methoxy groups -OCH3 is 1. The molecule has 0 saturated heterocycles. The van der Waals surface area contributed by atoms with Crippen LogP contribution in [0.2, 0.25) is 0 Å². The van der Waals surface area contributed by atoms with Crippen LogP contribution >= 0.6 is 0 Å². The second-order valence-electron chi connectivity index (χ2n) is 2.96. The highest BCUT2D eigenvalue weighted by Gasteiger charge is 2.12. The summed E-state index contributed by atoms with van der Waals surface area (Å²) in [7, 11) is 1.56. The minimum atomic E-state index is -0.274. The molecule has 3 heteroatoms. The Hall–Kier alpha value is -1.38. The van der Waals surface area contributed by atoms with Gasteiger partial charge in [-0.1, -0.05) is 0 Å². The van der Waals surface area contributed by atoms with E-state index >= 15 is 0 Å². The van der Waals surface area contributed by atoms with Crippen LogP contribution in [0.25, 0.3) is 0 Å². The Morgan fingerprint density at radius 1 is 1.46 bits per heavy atom. The normalized spacial score (nSPS) is 14.0. The van der Waals surface area contributed by atoms with Crippen LogP contribution < -0.4 is 4.74 Å². The second-order valence-corrected chi connectivity index (χ2v) is 2.96. The molecule has 1 aliphatic heterocycles. The SMILES string of the molecule is COc1cc(F)cc2c1CCN=C2. The highest BCUT2D eigenvalue weighted by atomic mass is 19.1. The van der Waals surface area contributed by atoms with Gasteiger partial charge in [-0.05, 0) is 12.5 Å². The molecule has 0 atom stereocenters. The predicted molar refractivity (Wildman–Crippen MR) is 49.1 cm³/mol. The van der Waals surface area contributed by atoms with E-state index in [9.17, 15) is 4.39 Å². The summed E-state index contributed by atoms with van der Waals surface area (Å²) in [6.45, 7) is 0.759. The van der Waals surface area contributed by atoms with Gasteiger partial charge in [0.1, 0.15) is 11.6 Å². The highest BCUT2D eigenvalue weighted by molar-refractivity contribution is 5.84.